The number of hydrogen-bond acceptors (Lipinski definition) is 11. The van der Waals surface area contributed by atoms with E-state index in [2.05, 4.69) is 54.6 Å². The summed E-state index contributed by atoms with van der Waals surface area (Å²) in [5.41, 5.74) is -0.399. The number of carbonyl (C=O) groups is 3. The van der Waals surface area contributed by atoms with Crippen LogP contribution in [0.1, 0.15) is 92.1 Å². The predicted octanol–water partition coefficient (Wildman–Crippen LogP) is 11.0. The van der Waals surface area contributed by atoms with E-state index in [9.17, 15) is 24.5 Å². The molecule has 3 atom stereocenters. The summed E-state index contributed by atoms with van der Waals surface area (Å²) in [7, 11) is -5.64. The van der Waals surface area contributed by atoms with Gasteiger partial charge in [0.05, 0.1) is 27.9 Å². The van der Waals surface area contributed by atoms with E-state index >= 15 is 0 Å². The number of hydrogen-bond donors (Lipinski definition) is 0. The summed E-state index contributed by atoms with van der Waals surface area (Å²) in [4.78, 5) is 56.6. The number of nitro groups is 1. The van der Waals surface area contributed by atoms with Gasteiger partial charge in [-0.3, -0.25) is 24.6 Å². The number of nitro benzene ring substituents is 1. The maximum atomic E-state index is 14.8. The molecule has 66 heavy (non-hydrogen) atoms. The number of benzene rings is 4. The Hall–Kier alpha value is -4.94. The van der Waals surface area contributed by atoms with Crippen LogP contribution in [0.3, 0.4) is 0 Å². The molecular formula is C51H64N2O9S2Si2. The molecule has 1 heterocycles. The summed E-state index contributed by atoms with van der Waals surface area (Å²) in [5, 5.41) is 11.9. The second kappa shape index (κ2) is 20.5. The van der Waals surface area contributed by atoms with Crippen LogP contribution < -0.4 is 15.1 Å². The summed E-state index contributed by atoms with van der Waals surface area (Å²) in [6, 6.07) is 32.0. The maximum absolute atomic E-state index is 14.8. The first-order chi connectivity index (χ1) is 30.7. The van der Waals surface area contributed by atoms with Crippen LogP contribution in [0.5, 0.6) is 5.75 Å². The van der Waals surface area contributed by atoms with Crippen molar-refractivity contribution in [1.29, 1.82) is 0 Å². The number of nitrogens with zero attached hydrogens (tertiary/aromatic N) is 2. The number of allylic oxidation sites excluding steroid dienone is 1. The molecule has 1 fully saturated rings. The molecule has 4 aromatic rings. The van der Waals surface area contributed by atoms with Gasteiger partial charge in [0.1, 0.15) is 18.1 Å². The highest BCUT2D eigenvalue weighted by atomic mass is 32.2. The number of carbonyl (C=O) groups excluding carboxylic acids is 3. The first-order valence-electron chi connectivity index (χ1n) is 22.2. The molecule has 0 spiro atoms. The SMILES string of the molecule is CCS[C@@H]1[C@@H]([C@@H](C)O[Si](C)(C)C(C)(C)C)C(=O)N1C(C(=S)OCc1ccc([N+](=O)[O-])cc1)=C(Oc1cccc(C(=O)O[Si](c2ccccc2)(c2ccccc2)C(C)(C)C)c1)C(=O)C(C)(C)C. The Labute approximate surface area is 402 Å². The van der Waals surface area contributed by atoms with Gasteiger partial charge in [-0.15, -0.1) is 11.8 Å². The number of Topliss-reactive ketones (excluding diaryl/α,β-unsaturated/α-hetero) is 1. The number of ether oxygens (including phenoxy) is 2. The van der Waals surface area contributed by atoms with Crippen molar-refractivity contribution in [1.82, 2.24) is 4.90 Å². The van der Waals surface area contributed by atoms with Gasteiger partial charge in [0.2, 0.25) is 16.7 Å². The third kappa shape index (κ3) is 11.2. The van der Waals surface area contributed by atoms with Crippen LogP contribution in [0.15, 0.2) is 121 Å². The van der Waals surface area contributed by atoms with Crippen molar-refractivity contribution in [3.05, 3.63) is 142 Å². The molecule has 1 amide bonds. The van der Waals surface area contributed by atoms with Crippen LogP contribution in [0.25, 0.3) is 0 Å². The van der Waals surface area contributed by atoms with Crippen LogP contribution in [0, 0.1) is 21.4 Å². The molecule has 352 valence electrons. The molecule has 0 aromatic heterocycles. The summed E-state index contributed by atoms with van der Waals surface area (Å²) in [6.07, 6.45) is -0.463. The van der Waals surface area contributed by atoms with Gasteiger partial charge in [-0.05, 0) is 94.3 Å². The first kappa shape index (κ1) is 52.0. The van der Waals surface area contributed by atoms with Crippen LogP contribution in [0.2, 0.25) is 23.2 Å². The molecule has 1 saturated heterocycles. The van der Waals surface area contributed by atoms with Crippen molar-refractivity contribution in [2.75, 3.05) is 5.75 Å². The minimum atomic E-state index is -3.32. The number of ketones is 1. The van der Waals surface area contributed by atoms with Crippen molar-refractivity contribution in [3.63, 3.8) is 0 Å². The zero-order valence-corrected chi connectivity index (χ0v) is 44.1. The Morgan fingerprint density at radius 1 is 0.833 bits per heavy atom. The average Bonchev–Trinajstić information content (AvgIpc) is 3.24. The third-order valence-electron chi connectivity index (χ3n) is 12.2. The van der Waals surface area contributed by atoms with Gasteiger partial charge < -0.3 is 18.3 Å². The first-order valence-corrected chi connectivity index (χ1v) is 28.5. The topological polar surface area (TPSA) is 135 Å². The lowest BCUT2D eigenvalue weighted by molar-refractivity contribution is -0.384. The van der Waals surface area contributed by atoms with Gasteiger partial charge >= 0.3 is 14.3 Å². The number of rotatable bonds is 17. The second-order valence-corrected chi connectivity index (χ2v) is 30.8. The van der Waals surface area contributed by atoms with Crippen molar-refractivity contribution in [2.45, 2.75) is 117 Å². The van der Waals surface area contributed by atoms with Crippen LogP contribution in [-0.4, -0.2) is 66.4 Å². The summed E-state index contributed by atoms with van der Waals surface area (Å²) >= 11 is 7.54. The molecular weight excluding hydrogens is 905 g/mol. The largest absolute Gasteiger partial charge is 0.506 e. The molecule has 0 radical (unpaired) electrons. The molecule has 5 rings (SSSR count). The fourth-order valence-electron chi connectivity index (χ4n) is 7.65. The third-order valence-corrected chi connectivity index (χ3v) is 23.2. The molecule has 0 saturated carbocycles. The number of β-lactam (4-membered cyclic amide) rings is 1. The lowest BCUT2D eigenvalue weighted by Gasteiger charge is -2.51. The molecule has 0 unspecified atom stereocenters. The quantitative estimate of drug-likeness (QED) is 0.0190. The van der Waals surface area contributed by atoms with Gasteiger partial charge in [-0.1, -0.05) is 136 Å². The van der Waals surface area contributed by atoms with E-state index in [1.165, 1.54) is 34.9 Å². The summed E-state index contributed by atoms with van der Waals surface area (Å²) < 4.78 is 26.5. The average molecular weight is 969 g/mol. The highest BCUT2D eigenvalue weighted by molar-refractivity contribution is 8.00. The Morgan fingerprint density at radius 2 is 1.39 bits per heavy atom. The van der Waals surface area contributed by atoms with E-state index in [0.717, 1.165) is 10.4 Å². The molecule has 15 heteroatoms. The number of likely N-dealkylation sites (tertiary alicyclic amines) is 1. The van der Waals surface area contributed by atoms with Gasteiger partial charge in [-0.25, -0.2) is 4.79 Å². The van der Waals surface area contributed by atoms with E-state index in [4.69, 9.17) is 30.5 Å². The summed E-state index contributed by atoms with van der Waals surface area (Å²) in [6.45, 7) is 26.0. The molecule has 1 aliphatic heterocycles. The predicted molar refractivity (Wildman–Crippen MR) is 272 cm³/mol. The van der Waals surface area contributed by atoms with Gasteiger partial charge in [-0.2, -0.15) is 0 Å². The maximum Gasteiger partial charge on any atom is 0.325 e. The van der Waals surface area contributed by atoms with Crippen molar-refractivity contribution in [3.8, 4) is 5.75 Å². The van der Waals surface area contributed by atoms with Crippen LogP contribution in [-0.2, 0) is 29.8 Å². The van der Waals surface area contributed by atoms with Gasteiger partial charge in [0, 0.05) is 17.5 Å². The van der Waals surface area contributed by atoms with Crippen molar-refractivity contribution in [2.24, 2.45) is 11.3 Å². The minimum absolute atomic E-state index is 0.0288. The zero-order chi connectivity index (χ0) is 49.0. The number of non-ortho nitro benzene ring substituents is 1. The lowest BCUT2D eigenvalue weighted by Crippen LogP contribution is -2.67. The van der Waals surface area contributed by atoms with Crippen LogP contribution >= 0.6 is 24.0 Å². The Balaban J connectivity index is 1.64. The van der Waals surface area contributed by atoms with E-state index in [0.29, 0.717) is 11.3 Å². The fourth-order valence-corrected chi connectivity index (χ4v) is 14.9. The second-order valence-electron chi connectivity index (χ2n) is 20.1. The van der Waals surface area contributed by atoms with Gasteiger partial charge in [0.15, 0.2) is 14.1 Å². The van der Waals surface area contributed by atoms with E-state index in [1.807, 2.05) is 74.5 Å². The smallest absolute Gasteiger partial charge is 0.325 e. The molecule has 0 bridgehead atoms. The Bertz CT molecular complexity index is 2400. The van der Waals surface area contributed by atoms with E-state index in [1.54, 1.807) is 51.1 Å². The number of thiocarbonyl (C=S) groups is 1. The molecule has 4 aromatic carbocycles. The fraction of sp³-hybridized carbons (Fsp3) is 0.412. The lowest BCUT2D eigenvalue weighted by atomic mass is 9.87. The Kier molecular flexibility index (Phi) is 16.2. The van der Waals surface area contributed by atoms with Crippen molar-refractivity contribution < 1.29 is 37.6 Å². The monoisotopic (exact) mass is 968 g/mol. The number of thioether (sulfide) groups is 1. The molecule has 1 aliphatic rings. The van der Waals surface area contributed by atoms with Crippen LogP contribution in [0.4, 0.5) is 5.69 Å². The number of amides is 1. The molecule has 0 N–H and O–H groups in total. The standard InChI is InChI=1S/C51H64N2O9S2Si2/c1-14-64-46-41(34(2)61-65(12,13)50(6,7)8)45(55)52(46)42(48(63)59-33-35-28-30-37(31-29-35)53(57)58)43(44(54)49(3,4)5)60-38-23-21-22-36(32-38)47(56)62-66(51(9,10)11,39-24-17-15-18-25-39)40-26-19-16-20-27-40/h15-32,34,41,46H,14,33H2,1-13H3/t34-,41+,46-/m1/s1. The van der Waals surface area contributed by atoms with Crippen molar-refractivity contribution >= 4 is 79.4 Å². The minimum Gasteiger partial charge on any atom is -0.506 e. The highest BCUT2D eigenvalue weighted by Crippen LogP contribution is 2.46. The normalized spacial score (nSPS) is 16.7. The molecule has 11 nitrogen and oxygen atoms in total. The Morgan fingerprint density at radius 3 is 1.88 bits per heavy atom. The summed E-state index contributed by atoms with van der Waals surface area (Å²) in [5.74, 6) is -1.41. The van der Waals surface area contributed by atoms with E-state index in [-0.39, 0.29) is 51.1 Å². The highest BCUT2D eigenvalue weighted by Gasteiger charge is 2.56. The zero-order valence-electron chi connectivity index (χ0n) is 40.4. The molecule has 0 aliphatic carbocycles. The van der Waals surface area contributed by atoms with Gasteiger partial charge in [0.25, 0.3) is 5.69 Å². The van der Waals surface area contributed by atoms with E-state index < -0.39 is 61.2 Å².